The zero-order chi connectivity index (χ0) is 13.1. The molecule has 2 heteroatoms. The highest BCUT2D eigenvalue weighted by Crippen LogP contribution is 2.41. The van der Waals surface area contributed by atoms with Crippen molar-refractivity contribution in [2.45, 2.75) is 31.8 Å². The first-order chi connectivity index (χ1) is 9.34. The summed E-state index contributed by atoms with van der Waals surface area (Å²) in [4.78, 5) is 0. The molecule has 0 aromatic heterocycles. The lowest BCUT2D eigenvalue weighted by Crippen LogP contribution is -2.15. The van der Waals surface area contributed by atoms with Crippen LogP contribution in [0.5, 0.6) is 0 Å². The minimum Gasteiger partial charge on any atom is -0.371 e. The fraction of sp³-hybridized carbons (Fsp3) is 0.294. The minimum absolute atomic E-state index is 0.116. The van der Waals surface area contributed by atoms with Crippen LogP contribution in [0.1, 0.15) is 24.2 Å². The molecule has 2 aromatic rings. The predicted octanol–water partition coefficient (Wildman–Crippen LogP) is 3.73. The van der Waals surface area contributed by atoms with Crippen molar-refractivity contribution in [2.24, 2.45) is 0 Å². The van der Waals surface area contributed by atoms with Gasteiger partial charge < -0.3 is 9.47 Å². The monoisotopic (exact) mass is 254 g/mol. The van der Waals surface area contributed by atoms with Gasteiger partial charge in [0.2, 0.25) is 0 Å². The summed E-state index contributed by atoms with van der Waals surface area (Å²) in [6, 6.07) is 20.6. The van der Waals surface area contributed by atoms with Gasteiger partial charge in [0.15, 0.2) is 0 Å². The van der Waals surface area contributed by atoms with Crippen molar-refractivity contribution in [2.75, 3.05) is 0 Å². The largest absolute Gasteiger partial charge is 0.371 e. The summed E-state index contributed by atoms with van der Waals surface area (Å²) in [5, 5.41) is 0. The quantitative estimate of drug-likeness (QED) is 0.758. The van der Waals surface area contributed by atoms with E-state index in [0.29, 0.717) is 6.61 Å². The summed E-state index contributed by atoms with van der Waals surface area (Å²) >= 11 is 0. The molecule has 98 valence electrons. The van der Waals surface area contributed by atoms with Crippen LogP contribution in [-0.4, -0.2) is 12.2 Å². The third-order valence-corrected chi connectivity index (χ3v) is 3.47. The summed E-state index contributed by atoms with van der Waals surface area (Å²) in [6.45, 7) is 2.72. The molecule has 19 heavy (non-hydrogen) atoms. The average Bonchev–Trinajstić information content (AvgIpc) is 3.27. The van der Waals surface area contributed by atoms with Crippen LogP contribution in [0, 0.1) is 0 Å². The normalized spacial score (nSPS) is 23.0. The molecule has 0 amide bonds. The highest BCUT2D eigenvalue weighted by Gasteiger charge is 2.44. The van der Waals surface area contributed by atoms with E-state index < -0.39 is 0 Å². The van der Waals surface area contributed by atoms with E-state index in [9.17, 15) is 0 Å². The lowest BCUT2D eigenvalue weighted by atomic mass is 10.1. The van der Waals surface area contributed by atoms with Crippen molar-refractivity contribution in [3.05, 3.63) is 71.8 Å². The Hall–Kier alpha value is -1.64. The second-order valence-electron chi connectivity index (χ2n) is 4.93. The van der Waals surface area contributed by atoms with Gasteiger partial charge in [-0.25, -0.2) is 0 Å². The Bertz CT molecular complexity index is 509. The van der Waals surface area contributed by atoms with Gasteiger partial charge in [-0.3, -0.25) is 0 Å². The molecule has 2 aromatic carbocycles. The van der Waals surface area contributed by atoms with E-state index in [1.54, 1.807) is 0 Å². The lowest BCUT2D eigenvalue weighted by Gasteiger charge is -2.10. The standard InChI is InChI=1S/C17H18O2/c1-13(18-12-14-8-4-2-5-9-14)16-17(19-16)15-10-6-3-7-11-15/h2-11,13,16-17H,12H2,1H3/t13?,16-,17+/m1/s1. The van der Waals surface area contributed by atoms with Gasteiger partial charge in [-0.1, -0.05) is 60.7 Å². The maximum absolute atomic E-state index is 5.88. The SMILES string of the molecule is CC(OCc1ccccc1)[C@H]1O[C@H]1c1ccccc1. The van der Waals surface area contributed by atoms with Crippen LogP contribution in [0.4, 0.5) is 0 Å². The molecule has 3 atom stereocenters. The number of ether oxygens (including phenoxy) is 2. The van der Waals surface area contributed by atoms with E-state index >= 15 is 0 Å². The number of epoxide rings is 1. The number of benzene rings is 2. The van der Waals surface area contributed by atoms with Crippen LogP contribution in [0.2, 0.25) is 0 Å². The topological polar surface area (TPSA) is 21.8 Å². The summed E-state index contributed by atoms with van der Waals surface area (Å²) in [5.41, 5.74) is 2.44. The minimum atomic E-state index is 0.116. The molecule has 1 aliphatic rings. The second-order valence-corrected chi connectivity index (χ2v) is 4.93. The van der Waals surface area contributed by atoms with Crippen LogP contribution >= 0.6 is 0 Å². The zero-order valence-corrected chi connectivity index (χ0v) is 11.0. The van der Waals surface area contributed by atoms with Crippen LogP contribution in [0.25, 0.3) is 0 Å². The van der Waals surface area contributed by atoms with Crippen LogP contribution in [0.3, 0.4) is 0 Å². The van der Waals surface area contributed by atoms with Crippen LogP contribution < -0.4 is 0 Å². The molecular formula is C17H18O2. The lowest BCUT2D eigenvalue weighted by molar-refractivity contribution is 0.0340. The molecule has 2 nitrogen and oxygen atoms in total. The van der Waals surface area contributed by atoms with Crippen molar-refractivity contribution in [1.82, 2.24) is 0 Å². The first kappa shape index (κ1) is 12.4. The van der Waals surface area contributed by atoms with E-state index in [1.165, 1.54) is 11.1 Å². The maximum Gasteiger partial charge on any atom is 0.115 e. The van der Waals surface area contributed by atoms with Gasteiger partial charge in [-0.2, -0.15) is 0 Å². The summed E-state index contributed by atoms with van der Waals surface area (Å²) in [6.07, 6.45) is 0.503. The molecule has 1 unspecified atom stereocenters. The Morgan fingerprint density at radius 2 is 1.63 bits per heavy atom. The van der Waals surface area contributed by atoms with E-state index in [2.05, 4.69) is 31.2 Å². The molecule has 1 heterocycles. The maximum atomic E-state index is 5.88. The first-order valence-corrected chi connectivity index (χ1v) is 6.70. The molecule has 1 aliphatic heterocycles. The van der Waals surface area contributed by atoms with E-state index in [0.717, 1.165) is 0 Å². The van der Waals surface area contributed by atoms with Crippen molar-refractivity contribution in [1.29, 1.82) is 0 Å². The Kier molecular flexibility index (Phi) is 3.62. The molecule has 3 rings (SSSR count). The average molecular weight is 254 g/mol. The van der Waals surface area contributed by atoms with Crippen LogP contribution in [-0.2, 0) is 16.1 Å². The molecule has 0 aliphatic carbocycles. The van der Waals surface area contributed by atoms with Gasteiger partial charge >= 0.3 is 0 Å². The summed E-state index contributed by atoms with van der Waals surface area (Å²) in [5.74, 6) is 0. The Labute approximate surface area is 114 Å². The predicted molar refractivity (Wildman–Crippen MR) is 74.7 cm³/mol. The van der Waals surface area contributed by atoms with Crippen molar-refractivity contribution in [3.8, 4) is 0 Å². The van der Waals surface area contributed by atoms with E-state index in [-0.39, 0.29) is 18.3 Å². The Morgan fingerprint density at radius 3 is 2.32 bits per heavy atom. The van der Waals surface area contributed by atoms with Crippen molar-refractivity contribution in [3.63, 3.8) is 0 Å². The first-order valence-electron chi connectivity index (χ1n) is 6.70. The fourth-order valence-electron chi connectivity index (χ4n) is 2.29. The highest BCUT2D eigenvalue weighted by molar-refractivity contribution is 5.23. The van der Waals surface area contributed by atoms with Crippen molar-refractivity contribution >= 4 is 0 Å². The van der Waals surface area contributed by atoms with Gasteiger partial charge in [0.1, 0.15) is 12.2 Å². The second kappa shape index (κ2) is 5.55. The smallest absolute Gasteiger partial charge is 0.115 e. The Morgan fingerprint density at radius 1 is 1.00 bits per heavy atom. The Balaban J connectivity index is 1.52. The molecule has 1 saturated heterocycles. The van der Waals surface area contributed by atoms with Gasteiger partial charge in [-0.05, 0) is 18.1 Å². The molecule has 0 saturated carbocycles. The molecular weight excluding hydrogens is 236 g/mol. The fourth-order valence-corrected chi connectivity index (χ4v) is 2.29. The van der Waals surface area contributed by atoms with E-state index in [1.807, 2.05) is 36.4 Å². The van der Waals surface area contributed by atoms with Gasteiger partial charge in [0.05, 0.1) is 12.7 Å². The molecule has 0 bridgehead atoms. The van der Waals surface area contributed by atoms with Crippen molar-refractivity contribution < 1.29 is 9.47 Å². The molecule has 0 radical (unpaired) electrons. The third kappa shape index (κ3) is 3.03. The summed E-state index contributed by atoms with van der Waals surface area (Å²) in [7, 11) is 0. The van der Waals surface area contributed by atoms with Gasteiger partial charge in [0, 0.05) is 0 Å². The molecule has 1 fully saturated rings. The number of hydrogen-bond donors (Lipinski definition) is 0. The molecule has 0 N–H and O–H groups in total. The third-order valence-electron chi connectivity index (χ3n) is 3.47. The highest BCUT2D eigenvalue weighted by atomic mass is 16.6. The number of hydrogen-bond acceptors (Lipinski definition) is 2. The summed E-state index contributed by atoms with van der Waals surface area (Å²) < 4.78 is 11.6. The number of rotatable bonds is 5. The molecule has 0 spiro atoms. The van der Waals surface area contributed by atoms with Gasteiger partial charge in [0.25, 0.3) is 0 Å². The van der Waals surface area contributed by atoms with Gasteiger partial charge in [-0.15, -0.1) is 0 Å². The van der Waals surface area contributed by atoms with Crippen LogP contribution in [0.15, 0.2) is 60.7 Å². The zero-order valence-electron chi connectivity index (χ0n) is 11.0. The van der Waals surface area contributed by atoms with E-state index in [4.69, 9.17) is 9.47 Å².